The molecule has 13 heavy (non-hydrogen) atoms. The van der Waals surface area contributed by atoms with Crippen LogP contribution in [-0.4, -0.2) is 30.6 Å². The van der Waals surface area contributed by atoms with E-state index in [0.29, 0.717) is 0 Å². The highest BCUT2D eigenvalue weighted by atomic mass is 79.9. The van der Waals surface area contributed by atoms with E-state index in [4.69, 9.17) is 0 Å². The van der Waals surface area contributed by atoms with Crippen molar-refractivity contribution >= 4 is 0 Å². The van der Waals surface area contributed by atoms with E-state index >= 15 is 0 Å². The smallest absolute Gasteiger partial charge is 0.213 e. The Balaban J connectivity index is 0.00000144. The molecule has 1 aromatic rings. The molecule has 0 aliphatic heterocycles. The highest BCUT2D eigenvalue weighted by molar-refractivity contribution is 5.03. The van der Waals surface area contributed by atoms with Crippen LogP contribution in [0.3, 0.4) is 0 Å². The second-order valence-corrected chi connectivity index (χ2v) is 3.90. The van der Waals surface area contributed by atoms with Crippen LogP contribution in [0.4, 0.5) is 4.39 Å². The van der Waals surface area contributed by atoms with Gasteiger partial charge in [0, 0.05) is 0 Å². The fourth-order valence-corrected chi connectivity index (χ4v) is 1.02. The Kier molecular flexibility index (Phi) is 4.50. The summed E-state index contributed by atoms with van der Waals surface area (Å²) in [6.45, 7) is 0.748. The number of pyridine rings is 1. The maximum absolute atomic E-state index is 12.6. The van der Waals surface area contributed by atoms with E-state index in [1.807, 2.05) is 27.2 Å². The van der Waals surface area contributed by atoms with Gasteiger partial charge in [0.15, 0.2) is 0 Å². The Morgan fingerprint density at radius 2 is 1.92 bits per heavy atom. The molecule has 0 radical (unpaired) electrons. The van der Waals surface area contributed by atoms with Gasteiger partial charge in [-0.3, -0.25) is 0 Å². The zero-order chi connectivity index (χ0) is 9.19. The van der Waals surface area contributed by atoms with E-state index in [1.54, 1.807) is 6.07 Å². The standard InChI is InChI=1S/C9H14FN2.BrH/c1-12(2,3)7-8-5-4-6-9(10)11-8;/h4-6H,7H2,1-3H3;1H/q+1;/p-1. The highest BCUT2D eigenvalue weighted by Crippen LogP contribution is 2.04. The third-order valence-electron chi connectivity index (χ3n) is 1.41. The molecule has 0 aliphatic carbocycles. The average Bonchev–Trinajstić information content (AvgIpc) is 1.82. The predicted molar refractivity (Wildman–Crippen MR) is 45.9 cm³/mol. The molecule has 0 bridgehead atoms. The lowest BCUT2D eigenvalue weighted by atomic mass is 10.3. The maximum Gasteiger partial charge on any atom is 0.213 e. The molecule has 0 aliphatic rings. The van der Waals surface area contributed by atoms with Gasteiger partial charge in [0.1, 0.15) is 6.54 Å². The Labute approximate surface area is 88.8 Å². The Morgan fingerprint density at radius 1 is 1.31 bits per heavy atom. The number of nitrogens with zero attached hydrogens (tertiary/aromatic N) is 2. The van der Waals surface area contributed by atoms with Crippen LogP contribution in [-0.2, 0) is 6.54 Å². The minimum Gasteiger partial charge on any atom is -1.00 e. The molecule has 0 fully saturated rings. The van der Waals surface area contributed by atoms with E-state index in [-0.39, 0.29) is 17.0 Å². The number of aromatic nitrogens is 1. The normalized spacial score (nSPS) is 10.8. The van der Waals surface area contributed by atoms with Gasteiger partial charge in [0.2, 0.25) is 5.95 Å². The summed E-state index contributed by atoms with van der Waals surface area (Å²) in [7, 11) is 6.14. The molecule has 2 nitrogen and oxygen atoms in total. The molecule has 0 spiro atoms. The molecular formula is C9H14BrFN2. The van der Waals surface area contributed by atoms with Gasteiger partial charge in [0.05, 0.1) is 26.8 Å². The molecule has 0 aromatic carbocycles. The summed E-state index contributed by atoms with van der Waals surface area (Å²) in [5.74, 6) is -0.402. The van der Waals surface area contributed by atoms with E-state index in [1.165, 1.54) is 6.07 Å². The largest absolute Gasteiger partial charge is 1.00 e. The topological polar surface area (TPSA) is 12.9 Å². The summed E-state index contributed by atoms with van der Waals surface area (Å²) in [6.07, 6.45) is 0. The van der Waals surface area contributed by atoms with Crippen molar-refractivity contribution in [2.45, 2.75) is 6.54 Å². The van der Waals surface area contributed by atoms with Gasteiger partial charge in [0.25, 0.3) is 0 Å². The molecule has 0 saturated carbocycles. The summed E-state index contributed by atoms with van der Waals surface area (Å²) < 4.78 is 13.4. The molecule has 74 valence electrons. The molecule has 1 rings (SSSR count). The van der Waals surface area contributed by atoms with E-state index in [9.17, 15) is 4.39 Å². The van der Waals surface area contributed by atoms with Crippen LogP contribution in [0.25, 0.3) is 0 Å². The molecule has 0 N–H and O–H groups in total. The van der Waals surface area contributed by atoms with Crippen molar-refractivity contribution in [3.05, 3.63) is 29.8 Å². The van der Waals surface area contributed by atoms with Crippen LogP contribution in [0.15, 0.2) is 18.2 Å². The highest BCUT2D eigenvalue weighted by Gasteiger charge is 2.09. The van der Waals surface area contributed by atoms with Crippen molar-refractivity contribution in [3.63, 3.8) is 0 Å². The van der Waals surface area contributed by atoms with Crippen molar-refractivity contribution in [1.29, 1.82) is 0 Å². The molecule has 1 aromatic heterocycles. The maximum atomic E-state index is 12.6. The molecule has 0 saturated heterocycles. The fraction of sp³-hybridized carbons (Fsp3) is 0.444. The molecule has 4 heteroatoms. The van der Waals surface area contributed by atoms with Gasteiger partial charge in [-0.1, -0.05) is 6.07 Å². The zero-order valence-electron chi connectivity index (χ0n) is 8.09. The SMILES string of the molecule is C[N+](C)(C)Cc1cccc(F)n1.[Br-]. The summed E-state index contributed by atoms with van der Waals surface area (Å²) >= 11 is 0. The molecule has 0 atom stereocenters. The summed E-state index contributed by atoms with van der Waals surface area (Å²) in [5.41, 5.74) is 0.794. The monoisotopic (exact) mass is 248 g/mol. The first-order valence-corrected chi connectivity index (χ1v) is 3.89. The van der Waals surface area contributed by atoms with Crippen LogP contribution in [0.5, 0.6) is 0 Å². The first-order valence-electron chi connectivity index (χ1n) is 3.89. The van der Waals surface area contributed by atoms with E-state index < -0.39 is 5.95 Å². The van der Waals surface area contributed by atoms with Crippen LogP contribution >= 0.6 is 0 Å². The van der Waals surface area contributed by atoms with Gasteiger partial charge in [-0.15, -0.1) is 0 Å². The van der Waals surface area contributed by atoms with Crippen molar-refractivity contribution < 1.29 is 25.9 Å². The lowest BCUT2D eigenvalue weighted by Crippen LogP contribution is -3.00. The number of hydrogen-bond donors (Lipinski definition) is 0. The Bertz CT molecular complexity index is 271. The molecule has 0 unspecified atom stereocenters. The average molecular weight is 249 g/mol. The third kappa shape index (κ3) is 4.95. The molecular weight excluding hydrogens is 235 g/mol. The lowest BCUT2D eigenvalue weighted by Gasteiger charge is -2.23. The molecule has 1 heterocycles. The number of hydrogen-bond acceptors (Lipinski definition) is 1. The molecule has 0 amide bonds. The third-order valence-corrected chi connectivity index (χ3v) is 1.41. The first kappa shape index (κ1) is 12.5. The van der Waals surface area contributed by atoms with Crippen molar-refractivity contribution in [2.75, 3.05) is 21.1 Å². The summed E-state index contributed by atoms with van der Waals surface area (Å²) in [4.78, 5) is 3.78. The Hall–Kier alpha value is -0.480. The van der Waals surface area contributed by atoms with E-state index in [2.05, 4.69) is 4.98 Å². The Morgan fingerprint density at radius 3 is 2.38 bits per heavy atom. The van der Waals surface area contributed by atoms with Gasteiger partial charge in [-0.25, -0.2) is 4.98 Å². The fourth-order valence-electron chi connectivity index (χ4n) is 1.02. The van der Waals surface area contributed by atoms with Crippen LogP contribution in [0, 0.1) is 5.95 Å². The van der Waals surface area contributed by atoms with Gasteiger partial charge in [-0.05, 0) is 12.1 Å². The second kappa shape index (κ2) is 4.67. The van der Waals surface area contributed by atoms with Gasteiger partial charge < -0.3 is 21.5 Å². The number of rotatable bonds is 2. The zero-order valence-corrected chi connectivity index (χ0v) is 9.68. The van der Waals surface area contributed by atoms with E-state index in [0.717, 1.165) is 16.7 Å². The van der Waals surface area contributed by atoms with Crippen molar-refractivity contribution in [2.24, 2.45) is 0 Å². The van der Waals surface area contributed by atoms with Crippen molar-refractivity contribution in [1.82, 2.24) is 4.98 Å². The second-order valence-electron chi connectivity index (χ2n) is 3.90. The minimum atomic E-state index is -0.402. The number of halogens is 2. The predicted octanol–water partition coefficient (Wildman–Crippen LogP) is -1.57. The summed E-state index contributed by atoms with van der Waals surface area (Å²) in [5, 5.41) is 0. The quantitative estimate of drug-likeness (QED) is 0.456. The van der Waals surface area contributed by atoms with Gasteiger partial charge in [-0.2, -0.15) is 4.39 Å². The van der Waals surface area contributed by atoms with Gasteiger partial charge >= 0.3 is 0 Å². The number of quaternary nitrogens is 1. The van der Waals surface area contributed by atoms with Crippen LogP contribution in [0.2, 0.25) is 0 Å². The van der Waals surface area contributed by atoms with Crippen molar-refractivity contribution in [3.8, 4) is 0 Å². The summed E-state index contributed by atoms with van der Waals surface area (Å²) in [6, 6.07) is 4.89. The first-order chi connectivity index (χ1) is 5.47. The van der Waals surface area contributed by atoms with Crippen LogP contribution < -0.4 is 17.0 Å². The lowest BCUT2D eigenvalue weighted by molar-refractivity contribution is -0.884. The minimum absolute atomic E-state index is 0. The van der Waals surface area contributed by atoms with Crippen LogP contribution in [0.1, 0.15) is 5.69 Å².